The topological polar surface area (TPSA) is 15.3 Å². The van der Waals surface area contributed by atoms with Crippen LogP contribution in [0.1, 0.15) is 19.8 Å². The van der Waals surface area contributed by atoms with E-state index in [4.69, 9.17) is 6.42 Å². The summed E-state index contributed by atoms with van der Waals surface area (Å²) < 4.78 is 0. The van der Waals surface area contributed by atoms with Crippen LogP contribution in [0.2, 0.25) is 0 Å². The summed E-state index contributed by atoms with van der Waals surface area (Å²) >= 11 is 0. The van der Waals surface area contributed by atoms with Crippen molar-refractivity contribution in [1.82, 2.24) is 10.2 Å². The van der Waals surface area contributed by atoms with E-state index >= 15 is 0 Å². The van der Waals surface area contributed by atoms with Gasteiger partial charge in [-0.1, -0.05) is 5.92 Å². The highest BCUT2D eigenvalue weighted by atomic mass is 15.1. The summed E-state index contributed by atoms with van der Waals surface area (Å²) in [5.41, 5.74) is 0. The van der Waals surface area contributed by atoms with Crippen LogP contribution in [-0.2, 0) is 0 Å². The molecule has 1 saturated carbocycles. The first kappa shape index (κ1) is 10.6. The molecule has 0 aromatic rings. The summed E-state index contributed by atoms with van der Waals surface area (Å²) in [6.07, 6.45) is 8.01. The third-order valence-electron chi connectivity index (χ3n) is 2.66. The Balaban J connectivity index is 2.06. The zero-order chi connectivity index (χ0) is 9.68. The molecule has 13 heavy (non-hydrogen) atoms. The van der Waals surface area contributed by atoms with Gasteiger partial charge >= 0.3 is 0 Å². The smallest absolute Gasteiger partial charge is 0.0574 e. The van der Waals surface area contributed by atoms with Gasteiger partial charge in [0.25, 0.3) is 0 Å². The average molecular weight is 180 g/mol. The molecule has 0 aromatic carbocycles. The Morgan fingerprint density at radius 3 is 2.85 bits per heavy atom. The molecule has 1 unspecified atom stereocenters. The van der Waals surface area contributed by atoms with Gasteiger partial charge in [-0.3, -0.25) is 0 Å². The standard InChI is InChI=1S/C11H20N2/c1-4-7-12-8-10(2)13(3)9-11-5-6-11/h1,10-12H,5-9H2,2-3H3. The van der Waals surface area contributed by atoms with Crippen molar-refractivity contribution < 1.29 is 0 Å². The lowest BCUT2D eigenvalue weighted by Crippen LogP contribution is -2.39. The molecule has 2 nitrogen and oxygen atoms in total. The Morgan fingerprint density at radius 2 is 2.31 bits per heavy atom. The van der Waals surface area contributed by atoms with Crippen LogP contribution >= 0.6 is 0 Å². The summed E-state index contributed by atoms with van der Waals surface area (Å²) in [5.74, 6) is 3.56. The molecule has 0 radical (unpaired) electrons. The highest BCUT2D eigenvalue weighted by molar-refractivity contribution is 4.87. The maximum absolute atomic E-state index is 5.16. The van der Waals surface area contributed by atoms with E-state index in [1.807, 2.05) is 0 Å². The second-order valence-corrected chi connectivity index (χ2v) is 4.07. The molecule has 0 saturated heterocycles. The van der Waals surface area contributed by atoms with Crippen molar-refractivity contribution in [2.45, 2.75) is 25.8 Å². The van der Waals surface area contributed by atoms with Crippen molar-refractivity contribution in [3.63, 3.8) is 0 Å². The predicted molar refractivity (Wildman–Crippen MR) is 56.5 cm³/mol. The zero-order valence-corrected chi connectivity index (χ0v) is 8.71. The molecular formula is C11H20N2. The summed E-state index contributed by atoms with van der Waals surface area (Å²) in [7, 11) is 2.19. The van der Waals surface area contributed by atoms with Crippen LogP contribution in [0.25, 0.3) is 0 Å². The van der Waals surface area contributed by atoms with Crippen LogP contribution in [0.15, 0.2) is 0 Å². The Morgan fingerprint density at radius 1 is 1.62 bits per heavy atom. The second-order valence-electron chi connectivity index (χ2n) is 4.07. The Hall–Kier alpha value is -0.520. The molecule has 0 aromatic heterocycles. The molecule has 74 valence electrons. The molecule has 1 rings (SSSR count). The van der Waals surface area contributed by atoms with Crippen LogP contribution in [0.5, 0.6) is 0 Å². The third-order valence-corrected chi connectivity index (χ3v) is 2.66. The van der Waals surface area contributed by atoms with Gasteiger partial charge < -0.3 is 10.2 Å². The summed E-state index contributed by atoms with van der Waals surface area (Å²) in [5, 5.41) is 3.23. The Bertz CT molecular complexity index is 179. The van der Waals surface area contributed by atoms with Crippen LogP contribution in [0.3, 0.4) is 0 Å². The number of nitrogens with zero attached hydrogens (tertiary/aromatic N) is 1. The van der Waals surface area contributed by atoms with Crippen molar-refractivity contribution in [2.75, 3.05) is 26.7 Å². The number of hydrogen-bond donors (Lipinski definition) is 1. The number of likely N-dealkylation sites (N-methyl/N-ethyl adjacent to an activating group) is 1. The lowest BCUT2D eigenvalue weighted by atomic mass is 10.2. The number of nitrogens with one attached hydrogen (secondary N) is 1. The minimum absolute atomic E-state index is 0.592. The van der Waals surface area contributed by atoms with E-state index in [1.165, 1.54) is 19.4 Å². The van der Waals surface area contributed by atoms with Gasteiger partial charge in [-0.2, -0.15) is 0 Å². The van der Waals surface area contributed by atoms with Gasteiger partial charge in [-0.25, -0.2) is 0 Å². The molecule has 0 heterocycles. The fraction of sp³-hybridized carbons (Fsp3) is 0.818. The second kappa shape index (κ2) is 5.26. The van der Waals surface area contributed by atoms with Crippen molar-refractivity contribution >= 4 is 0 Å². The molecule has 0 spiro atoms. The molecule has 1 N–H and O–H groups in total. The van der Waals surface area contributed by atoms with E-state index in [2.05, 4.69) is 30.1 Å². The van der Waals surface area contributed by atoms with Crippen LogP contribution < -0.4 is 5.32 Å². The Kier molecular flexibility index (Phi) is 4.27. The third kappa shape index (κ3) is 4.31. The maximum atomic E-state index is 5.16. The van der Waals surface area contributed by atoms with Gasteiger partial charge in [0, 0.05) is 19.1 Å². The fourth-order valence-corrected chi connectivity index (χ4v) is 1.40. The maximum Gasteiger partial charge on any atom is 0.0574 e. The zero-order valence-electron chi connectivity index (χ0n) is 8.71. The van der Waals surface area contributed by atoms with E-state index in [0.717, 1.165) is 12.5 Å². The van der Waals surface area contributed by atoms with Gasteiger partial charge in [0.15, 0.2) is 0 Å². The van der Waals surface area contributed by atoms with Crippen molar-refractivity contribution in [3.05, 3.63) is 0 Å². The lowest BCUT2D eigenvalue weighted by molar-refractivity contribution is 0.243. The molecule has 2 heteroatoms. The monoisotopic (exact) mass is 180 g/mol. The normalized spacial score (nSPS) is 18.6. The van der Waals surface area contributed by atoms with E-state index in [9.17, 15) is 0 Å². The van der Waals surface area contributed by atoms with Gasteiger partial charge in [0.1, 0.15) is 0 Å². The molecule has 1 atom stereocenters. The summed E-state index contributed by atoms with van der Waals surface area (Å²) in [6.45, 7) is 5.17. The van der Waals surface area contributed by atoms with Crippen molar-refractivity contribution in [3.8, 4) is 12.3 Å². The minimum atomic E-state index is 0.592. The SMILES string of the molecule is C#CCNCC(C)N(C)CC1CC1. The first-order valence-corrected chi connectivity index (χ1v) is 5.08. The fourth-order valence-electron chi connectivity index (χ4n) is 1.40. The van der Waals surface area contributed by atoms with Gasteiger partial charge in [0.2, 0.25) is 0 Å². The van der Waals surface area contributed by atoms with Crippen LogP contribution in [0, 0.1) is 18.3 Å². The largest absolute Gasteiger partial charge is 0.305 e. The minimum Gasteiger partial charge on any atom is -0.305 e. The average Bonchev–Trinajstić information content (AvgIpc) is 2.88. The number of hydrogen-bond acceptors (Lipinski definition) is 2. The first-order chi connectivity index (χ1) is 6.24. The molecular weight excluding hydrogens is 160 g/mol. The van der Waals surface area contributed by atoms with Crippen molar-refractivity contribution in [1.29, 1.82) is 0 Å². The van der Waals surface area contributed by atoms with Crippen molar-refractivity contribution in [2.24, 2.45) is 5.92 Å². The van der Waals surface area contributed by atoms with Gasteiger partial charge in [-0.05, 0) is 32.7 Å². The quantitative estimate of drug-likeness (QED) is 0.483. The van der Waals surface area contributed by atoms with Gasteiger partial charge in [0.05, 0.1) is 6.54 Å². The number of terminal acetylenes is 1. The number of rotatable bonds is 6. The van der Waals surface area contributed by atoms with Crippen LogP contribution in [-0.4, -0.2) is 37.6 Å². The molecule has 0 aliphatic heterocycles. The summed E-state index contributed by atoms with van der Waals surface area (Å²) in [6, 6.07) is 0.592. The molecule has 1 aliphatic carbocycles. The van der Waals surface area contributed by atoms with E-state index < -0.39 is 0 Å². The first-order valence-electron chi connectivity index (χ1n) is 5.08. The van der Waals surface area contributed by atoms with E-state index in [1.54, 1.807) is 0 Å². The summed E-state index contributed by atoms with van der Waals surface area (Å²) in [4.78, 5) is 2.42. The Labute approximate surface area is 81.7 Å². The van der Waals surface area contributed by atoms with E-state index in [0.29, 0.717) is 12.6 Å². The lowest BCUT2D eigenvalue weighted by Gasteiger charge is -2.24. The molecule has 0 amide bonds. The highest BCUT2D eigenvalue weighted by Crippen LogP contribution is 2.29. The highest BCUT2D eigenvalue weighted by Gasteiger charge is 2.24. The van der Waals surface area contributed by atoms with Crippen LogP contribution in [0.4, 0.5) is 0 Å². The predicted octanol–water partition coefficient (Wildman–Crippen LogP) is 0.940. The van der Waals surface area contributed by atoms with Gasteiger partial charge in [-0.15, -0.1) is 6.42 Å². The molecule has 1 aliphatic rings. The van der Waals surface area contributed by atoms with E-state index in [-0.39, 0.29) is 0 Å². The molecule has 0 bridgehead atoms. The molecule has 1 fully saturated rings.